The SMILES string of the molecule is O=C(O)C1CC(Br)C1C(=O)O. The molecular weight excluding hydrogens is 216 g/mol. The standard InChI is InChI=1S/C6H7BrO4/c7-3-1-2(5(8)9)4(3)6(10)11/h2-4H,1H2,(H,8,9)(H,10,11). The summed E-state index contributed by atoms with van der Waals surface area (Å²) in [4.78, 5) is 20.6. The molecule has 0 saturated heterocycles. The third-order valence-electron chi connectivity index (χ3n) is 1.90. The fraction of sp³-hybridized carbons (Fsp3) is 0.667. The molecule has 0 aromatic carbocycles. The van der Waals surface area contributed by atoms with Crippen molar-refractivity contribution >= 4 is 27.9 Å². The van der Waals surface area contributed by atoms with Gasteiger partial charge < -0.3 is 10.2 Å². The molecule has 3 atom stereocenters. The molecule has 0 aliphatic heterocycles. The quantitative estimate of drug-likeness (QED) is 0.670. The van der Waals surface area contributed by atoms with Gasteiger partial charge in [-0.25, -0.2) is 0 Å². The molecule has 4 nitrogen and oxygen atoms in total. The highest BCUT2D eigenvalue weighted by Crippen LogP contribution is 2.40. The van der Waals surface area contributed by atoms with E-state index in [1.165, 1.54) is 0 Å². The summed E-state index contributed by atoms with van der Waals surface area (Å²) in [6.45, 7) is 0. The van der Waals surface area contributed by atoms with Gasteiger partial charge in [0.05, 0.1) is 11.8 Å². The molecule has 1 rings (SSSR count). The predicted octanol–water partition coefficient (Wildman–Crippen LogP) is 0.555. The molecule has 0 heterocycles. The van der Waals surface area contributed by atoms with Crippen molar-refractivity contribution in [3.05, 3.63) is 0 Å². The van der Waals surface area contributed by atoms with Crippen molar-refractivity contribution in [1.29, 1.82) is 0 Å². The number of hydrogen-bond acceptors (Lipinski definition) is 2. The molecule has 2 N–H and O–H groups in total. The molecular formula is C6H7BrO4. The average Bonchev–Trinajstić information content (AvgIpc) is 1.80. The summed E-state index contributed by atoms with van der Waals surface area (Å²) in [6, 6.07) is 0. The molecule has 1 saturated carbocycles. The van der Waals surface area contributed by atoms with E-state index >= 15 is 0 Å². The fourth-order valence-corrected chi connectivity index (χ4v) is 2.17. The molecule has 5 heteroatoms. The summed E-state index contributed by atoms with van der Waals surface area (Å²) in [5, 5.41) is 17.0. The van der Waals surface area contributed by atoms with Crippen LogP contribution in [-0.2, 0) is 9.59 Å². The van der Waals surface area contributed by atoms with Crippen molar-refractivity contribution < 1.29 is 19.8 Å². The number of halogens is 1. The first-order chi connectivity index (χ1) is 5.04. The second kappa shape index (κ2) is 2.81. The topological polar surface area (TPSA) is 74.6 Å². The molecule has 11 heavy (non-hydrogen) atoms. The Morgan fingerprint density at radius 1 is 1.27 bits per heavy atom. The molecule has 62 valence electrons. The van der Waals surface area contributed by atoms with Crippen molar-refractivity contribution in [2.45, 2.75) is 11.2 Å². The minimum absolute atomic E-state index is 0.180. The van der Waals surface area contributed by atoms with Crippen molar-refractivity contribution in [3.63, 3.8) is 0 Å². The van der Waals surface area contributed by atoms with Gasteiger partial charge in [-0.3, -0.25) is 9.59 Å². The fourth-order valence-electron chi connectivity index (χ4n) is 1.17. The Morgan fingerprint density at radius 2 is 1.82 bits per heavy atom. The largest absolute Gasteiger partial charge is 0.481 e. The number of hydrogen-bond donors (Lipinski definition) is 2. The zero-order chi connectivity index (χ0) is 8.59. The van der Waals surface area contributed by atoms with E-state index in [0.29, 0.717) is 6.42 Å². The highest BCUT2D eigenvalue weighted by molar-refractivity contribution is 9.09. The van der Waals surface area contributed by atoms with Crippen molar-refractivity contribution in [3.8, 4) is 0 Å². The van der Waals surface area contributed by atoms with Crippen LogP contribution >= 0.6 is 15.9 Å². The van der Waals surface area contributed by atoms with Crippen LogP contribution in [0.4, 0.5) is 0 Å². The molecule has 0 aromatic heterocycles. The van der Waals surface area contributed by atoms with Gasteiger partial charge in [-0.05, 0) is 6.42 Å². The predicted molar refractivity (Wildman–Crippen MR) is 39.6 cm³/mol. The Morgan fingerprint density at radius 3 is 2.00 bits per heavy atom. The number of aliphatic carboxylic acids is 2. The smallest absolute Gasteiger partial charge is 0.308 e. The van der Waals surface area contributed by atoms with E-state index in [1.807, 2.05) is 0 Å². The maximum absolute atomic E-state index is 10.4. The minimum atomic E-state index is -1.04. The van der Waals surface area contributed by atoms with Crippen LogP contribution in [0.5, 0.6) is 0 Å². The molecule has 1 aliphatic carbocycles. The monoisotopic (exact) mass is 222 g/mol. The molecule has 1 aliphatic rings. The van der Waals surface area contributed by atoms with Crippen LogP contribution in [0.3, 0.4) is 0 Å². The first kappa shape index (κ1) is 8.52. The van der Waals surface area contributed by atoms with Gasteiger partial charge in [0.25, 0.3) is 0 Å². The van der Waals surface area contributed by atoms with Gasteiger partial charge >= 0.3 is 11.9 Å². The Labute approximate surface area is 71.3 Å². The Kier molecular flexibility index (Phi) is 2.17. The maximum Gasteiger partial charge on any atom is 0.308 e. The normalized spacial score (nSPS) is 35.9. The first-order valence-electron chi connectivity index (χ1n) is 3.13. The van der Waals surface area contributed by atoms with Crippen molar-refractivity contribution in [2.24, 2.45) is 11.8 Å². The summed E-state index contributed by atoms with van der Waals surface area (Å²) in [6.07, 6.45) is 0.409. The number of rotatable bonds is 2. The van der Waals surface area contributed by atoms with E-state index < -0.39 is 23.8 Å². The zero-order valence-corrected chi connectivity index (χ0v) is 7.11. The average molecular weight is 223 g/mol. The lowest BCUT2D eigenvalue weighted by atomic mass is 9.73. The molecule has 1 fully saturated rings. The van der Waals surface area contributed by atoms with Gasteiger partial charge in [-0.2, -0.15) is 0 Å². The van der Waals surface area contributed by atoms with Gasteiger partial charge in [-0.15, -0.1) is 0 Å². The molecule has 0 aromatic rings. The van der Waals surface area contributed by atoms with Crippen LogP contribution in [-0.4, -0.2) is 27.0 Å². The van der Waals surface area contributed by atoms with E-state index in [2.05, 4.69) is 15.9 Å². The van der Waals surface area contributed by atoms with Crippen LogP contribution in [0.2, 0.25) is 0 Å². The second-order valence-corrected chi connectivity index (χ2v) is 3.74. The molecule has 0 amide bonds. The van der Waals surface area contributed by atoms with Crippen LogP contribution in [0.15, 0.2) is 0 Å². The zero-order valence-electron chi connectivity index (χ0n) is 5.53. The Bertz CT molecular complexity index is 203. The molecule has 0 radical (unpaired) electrons. The van der Waals surface area contributed by atoms with Gasteiger partial charge in [-0.1, -0.05) is 15.9 Å². The molecule has 0 spiro atoms. The van der Waals surface area contributed by atoms with Crippen LogP contribution in [0.1, 0.15) is 6.42 Å². The van der Waals surface area contributed by atoms with E-state index in [4.69, 9.17) is 10.2 Å². The van der Waals surface area contributed by atoms with E-state index in [-0.39, 0.29) is 4.83 Å². The highest BCUT2D eigenvalue weighted by Gasteiger charge is 2.48. The lowest BCUT2D eigenvalue weighted by molar-refractivity contribution is -0.159. The third kappa shape index (κ3) is 1.38. The number of carbonyl (C=O) groups is 2. The summed E-state index contributed by atoms with van der Waals surface area (Å²) < 4.78 is 0. The van der Waals surface area contributed by atoms with Crippen molar-refractivity contribution in [1.82, 2.24) is 0 Å². The number of carboxylic acids is 2. The molecule has 0 bridgehead atoms. The summed E-state index contributed by atoms with van der Waals surface area (Å²) in [5.74, 6) is -3.52. The maximum atomic E-state index is 10.4. The van der Waals surface area contributed by atoms with E-state index in [9.17, 15) is 9.59 Å². The van der Waals surface area contributed by atoms with Gasteiger partial charge in [0, 0.05) is 4.83 Å². The first-order valence-corrected chi connectivity index (χ1v) is 4.05. The van der Waals surface area contributed by atoms with E-state index in [0.717, 1.165) is 0 Å². The van der Waals surface area contributed by atoms with Crippen LogP contribution in [0, 0.1) is 11.8 Å². The van der Waals surface area contributed by atoms with Crippen LogP contribution in [0.25, 0.3) is 0 Å². The van der Waals surface area contributed by atoms with Gasteiger partial charge in [0.15, 0.2) is 0 Å². The summed E-state index contributed by atoms with van der Waals surface area (Å²) in [5.41, 5.74) is 0. The second-order valence-electron chi connectivity index (χ2n) is 2.56. The van der Waals surface area contributed by atoms with E-state index in [1.54, 1.807) is 0 Å². The third-order valence-corrected chi connectivity index (χ3v) is 2.85. The highest BCUT2D eigenvalue weighted by atomic mass is 79.9. The lowest BCUT2D eigenvalue weighted by Crippen LogP contribution is -2.46. The van der Waals surface area contributed by atoms with Gasteiger partial charge in [0.2, 0.25) is 0 Å². The van der Waals surface area contributed by atoms with Gasteiger partial charge in [0.1, 0.15) is 0 Å². The number of carboxylic acid groups (broad SMARTS) is 2. The van der Waals surface area contributed by atoms with Crippen molar-refractivity contribution in [2.75, 3.05) is 0 Å². The molecule has 3 unspecified atom stereocenters. The summed E-state index contributed by atoms with van der Waals surface area (Å²) >= 11 is 3.09. The summed E-state index contributed by atoms with van der Waals surface area (Å²) in [7, 11) is 0. The Hall–Kier alpha value is -0.580. The van der Waals surface area contributed by atoms with Crippen LogP contribution < -0.4 is 0 Å². The number of alkyl halides is 1. The Balaban J connectivity index is 2.62. The minimum Gasteiger partial charge on any atom is -0.481 e. The lowest BCUT2D eigenvalue weighted by Gasteiger charge is -2.35.